The molecular formula is C26H36N4O. The predicted octanol–water partition coefficient (Wildman–Crippen LogP) is 3.16. The Morgan fingerprint density at radius 1 is 0.774 bits per heavy atom. The summed E-state index contributed by atoms with van der Waals surface area (Å²) in [7, 11) is 0. The van der Waals surface area contributed by atoms with Crippen molar-refractivity contribution in [3.63, 3.8) is 0 Å². The number of piperidine rings is 1. The first kappa shape index (κ1) is 21.1. The maximum Gasteiger partial charge on any atom is 0.0594 e. The van der Waals surface area contributed by atoms with Gasteiger partial charge in [-0.1, -0.05) is 54.6 Å². The highest BCUT2D eigenvalue weighted by Crippen LogP contribution is 2.29. The SMILES string of the molecule is c1ccc(-c2ccc(C3NNCC3CN3CCC(CN4CCOCC4)CC3)cc2)cc1. The third-order valence-corrected chi connectivity index (χ3v) is 7.29. The van der Waals surface area contributed by atoms with E-state index < -0.39 is 0 Å². The highest BCUT2D eigenvalue weighted by Gasteiger charge is 2.31. The molecule has 0 saturated carbocycles. The summed E-state index contributed by atoms with van der Waals surface area (Å²) in [5, 5.41) is 0. The normalized spacial score (nSPS) is 26.3. The standard InChI is InChI=1S/C26H36N4O/c1-2-4-22(5-3-1)23-6-8-24(9-7-23)26-25(18-27-28-26)20-29-12-10-21(11-13-29)19-30-14-16-31-17-15-30/h1-9,21,25-28H,10-20H2. The quantitative estimate of drug-likeness (QED) is 0.751. The van der Waals surface area contributed by atoms with E-state index in [9.17, 15) is 0 Å². The van der Waals surface area contributed by atoms with Crippen LogP contribution < -0.4 is 10.9 Å². The molecule has 166 valence electrons. The molecule has 0 spiro atoms. The van der Waals surface area contributed by atoms with Crippen LogP contribution in [0.25, 0.3) is 11.1 Å². The van der Waals surface area contributed by atoms with E-state index in [4.69, 9.17) is 4.74 Å². The van der Waals surface area contributed by atoms with Crippen molar-refractivity contribution in [3.05, 3.63) is 60.2 Å². The number of ether oxygens (including phenoxy) is 1. The van der Waals surface area contributed by atoms with Crippen molar-refractivity contribution >= 4 is 0 Å². The summed E-state index contributed by atoms with van der Waals surface area (Å²) in [4.78, 5) is 5.30. The van der Waals surface area contributed by atoms with Crippen LogP contribution in [-0.2, 0) is 4.74 Å². The van der Waals surface area contributed by atoms with Gasteiger partial charge in [-0.25, -0.2) is 5.43 Å². The lowest BCUT2D eigenvalue weighted by atomic mass is 9.91. The van der Waals surface area contributed by atoms with Crippen molar-refractivity contribution in [2.24, 2.45) is 11.8 Å². The monoisotopic (exact) mass is 420 g/mol. The Morgan fingerprint density at radius 3 is 2.19 bits per heavy atom. The van der Waals surface area contributed by atoms with Crippen molar-refractivity contribution in [1.82, 2.24) is 20.7 Å². The lowest BCUT2D eigenvalue weighted by Gasteiger charge is -2.37. The van der Waals surface area contributed by atoms with Crippen LogP contribution in [0.15, 0.2) is 54.6 Å². The first-order chi connectivity index (χ1) is 15.3. The first-order valence-electron chi connectivity index (χ1n) is 12.0. The van der Waals surface area contributed by atoms with Gasteiger partial charge in [-0.05, 0) is 48.5 Å². The Hall–Kier alpha value is -1.76. The van der Waals surface area contributed by atoms with Crippen LogP contribution in [0.3, 0.4) is 0 Å². The molecule has 31 heavy (non-hydrogen) atoms. The van der Waals surface area contributed by atoms with Gasteiger partial charge in [0.25, 0.3) is 0 Å². The fourth-order valence-electron chi connectivity index (χ4n) is 5.41. The number of hydrazine groups is 1. The van der Waals surface area contributed by atoms with E-state index in [2.05, 4.69) is 75.2 Å². The fraction of sp³-hybridized carbons (Fsp3) is 0.538. The van der Waals surface area contributed by atoms with Crippen LogP contribution in [-0.4, -0.2) is 68.8 Å². The molecule has 3 aliphatic heterocycles. The maximum atomic E-state index is 5.49. The maximum absolute atomic E-state index is 5.49. The Bertz CT molecular complexity index is 798. The van der Waals surface area contributed by atoms with E-state index in [-0.39, 0.29) is 0 Å². The van der Waals surface area contributed by atoms with E-state index >= 15 is 0 Å². The number of morpholine rings is 1. The number of nitrogens with one attached hydrogen (secondary N) is 2. The van der Waals surface area contributed by atoms with Crippen LogP contribution in [0.5, 0.6) is 0 Å². The molecule has 2 unspecified atom stereocenters. The van der Waals surface area contributed by atoms with Gasteiger partial charge in [-0.2, -0.15) is 0 Å². The lowest BCUT2D eigenvalue weighted by molar-refractivity contribution is 0.0239. The summed E-state index contributed by atoms with van der Waals surface area (Å²) >= 11 is 0. The largest absolute Gasteiger partial charge is 0.379 e. The van der Waals surface area contributed by atoms with E-state index in [0.717, 1.165) is 38.8 Å². The summed E-state index contributed by atoms with van der Waals surface area (Å²) in [6.07, 6.45) is 2.67. The van der Waals surface area contributed by atoms with Crippen LogP contribution in [0.1, 0.15) is 24.4 Å². The summed E-state index contributed by atoms with van der Waals surface area (Å²) < 4.78 is 5.49. The topological polar surface area (TPSA) is 39.8 Å². The molecular weight excluding hydrogens is 384 g/mol. The predicted molar refractivity (Wildman–Crippen MR) is 126 cm³/mol. The summed E-state index contributed by atoms with van der Waals surface area (Å²) in [6.45, 7) is 10.0. The Balaban J connectivity index is 1.13. The van der Waals surface area contributed by atoms with Crippen molar-refractivity contribution in [2.45, 2.75) is 18.9 Å². The third-order valence-electron chi connectivity index (χ3n) is 7.29. The molecule has 2 aromatic rings. The van der Waals surface area contributed by atoms with E-state index in [1.54, 1.807) is 0 Å². The van der Waals surface area contributed by atoms with Crippen LogP contribution in [0, 0.1) is 11.8 Å². The molecule has 2 atom stereocenters. The van der Waals surface area contributed by atoms with Crippen LogP contribution >= 0.6 is 0 Å². The second-order valence-electron chi connectivity index (χ2n) is 9.41. The number of nitrogens with zero attached hydrogens (tertiary/aromatic N) is 2. The number of likely N-dealkylation sites (tertiary alicyclic amines) is 1. The first-order valence-corrected chi connectivity index (χ1v) is 12.0. The van der Waals surface area contributed by atoms with Gasteiger partial charge in [0.2, 0.25) is 0 Å². The molecule has 0 aromatic heterocycles. The van der Waals surface area contributed by atoms with Gasteiger partial charge in [0.1, 0.15) is 0 Å². The molecule has 3 heterocycles. The van der Waals surface area contributed by atoms with Gasteiger partial charge in [0.05, 0.1) is 19.3 Å². The molecule has 0 bridgehead atoms. The molecule has 5 nitrogen and oxygen atoms in total. The third kappa shape index (κ3) is 5.36. The van der Waals surface area contributed by atoms with Crippen molar-refractivity contribution < 1.29 is 4.74 Å². The highest BCUT2D eigenvalue weighted by atomic mass is 16.5. The summed E-state index contributed by atoms with van der Waals surface area (Å²) in [5.74, 6) is 1.47. The van der Waals surface area contributed by atoms with E-state index in [0.29, 0.717) is 12.0 Å². The minimum absolute atomic E-state index is 0.385. The molecule has 2 aromatic carbocycles. The zero-order valence-corrected chi connectivity index (χ0v) is 18.5. The lowest BCUT2D eigenvalue weighted by Crippen LogP contribution is -2.44. The Labute approximate surface area is 186 Å². The zero-order valence-electron chi connectivity index (χ0n) is 18.5. The molecule has 0 amide bonds. The summed E-state index contributed by atoms with van der Waals surface area (Å²) in [6, 6.07) is 20.1. The fourth-order valence-corrected chi connectivity index (χ4v) is 5.41. The minimum Gasteiger partial charge on any atom is -0.379 e. The van der Waals surface area contributed by atoms with Gasteiger partial charge in [0.15, 0.2) is 0 Å². The molecule has 3 aliphatic rings. The molecule has 2 N–H and O–H groups in total. The van der Waals surface area contributed by atoms with Crippen molar-refractivity contribution in [3.8, 4) is 11.1 Å². The second-order valence-corrected chi connectivity index (χ2v) is 9.41. The molecule has 0 radical (unpaired) electrons. The van der Waals surface area contributed by atoms with Gasteiger partial charge in [0, 0.05) is 38.6 Å². The van der Waals surface area contributed by atoms with Crippen molar-refractivity contribution in [2.75, 3.05) is 59.0 Å². The number of hydrogen-bond acceptors (Lipinski definition) is 5. The average molecular weight is 421 g/mol. The molecule has 0 aliphatic carbocycles. The molecule has 5 rings (SSSR count). The van der Waals surface area contributed by atoms with Gasteiger partial charge >= 0.3 is 0 Å². The van der Waals surface area contributed by atoms with Gasteiger partial charge in [-0.15, -0.1) is 0 Å². The molecule has 5 heteroatoms. The highest BCUT2D eigenvalue weighted by molar-refractivity contribution is 5.63. The minimum atomic E-state index is 0.385. The van der Waals surface area contributed by atoms with Crippen molar-refractivity contribution in [1.29, 1.82) is 0 Å². The average Bonchev–Trinajstić information content (AvgIpc) is 3.30. The van der Waals surface area contributed by atoms with Gasteiger partial charge < -0.3 is 9.64 Å². The van der Waals surface area contributed by atoms with E-state index in [1.165, 1.54) is 55.7 Å². The number of hydrogen-bond donors (Lipinski definition) is 2. The van der Waals surface area contributed by atoms with Crippen LogP contribution in [0.4, 0.5) is 0 Å². The smallest absolute Gasteiger partial charge is 0.0594 e. The van der Waals surface area contributed by atoms with Gasteiger partial charge in [-0.3, -0.25) is 10.3 Å². The molecule has 3 saturated heterocycles. The molecule has 3 fully saturated rings. The second kappa shape index (κ2) is 10.2. The zero-order chi connectivity index (χ0) is 20.9. The van der Waals surface area contributed by atoms with E-state index in [1.807, 2.05) is 0 Å². The summed E-state index contributed by atoms with van der Waals surface area (Å²) in [5.41, 5.74) is 10.9. The number of benzene rings is 2. The number of rotatable bonds is 6. The Kier molecular flexibility index (Phi) is 6.97. The van der Waals surface area contributed by atoms with Crippen LogP contribution in [0.2, 0.25) is 0 Å². The Morgan fingerprint density at radius 2 is 1.45 bits per heavy atom.